The van der Waals surface area contributed by atoms with Crippen molar-refractivity contribution in [2.75, 3.05) is 33.6 Å². The van der Waals surface area contributed by atoms with Gasteiger partial charge in [-0.3, -0.25) is 4.57 Å². The topological polar surface area (TPSA) is 72.5 Å². The zero-order valence-corrected chi connectivity index (χ0v) is 15.4. The average molecular weight is 358 g/mol. The molecule has 3 unspecified atom stereocenters. The highest BCUT2D eigenvalue weighted by Crippen LogP contribution is 2.51. The first-order valence-corrected chi connectivity index (χ1v) is 9.89. The summed E-state index contributed by atoms with van der Waals surface area (Å²) in [7, 11) is 11.4. The van der Waals surface area contributed by atoms with Crippen LogP contribution in [0.2, 0.25) is 0 Å². The first kappa shape index (κ1) is 20.4. The normalized spacial score (nSPS) is 39.1. The lowest BCUT2D eigenvalue weighted by Gasteiger charge is -2.26. The fourth-order valence-electron chi connectivity index (χ4n) is 2.90. The van der Waals surface area contributed by atoms with Crippen molar-refractivity contribution in [2.45, 2.75) is 56.2 Å². The van der Waals surface area contributed by atoms with Crippen LogP contribution in [0.3, 0.4) is 0 Å². The van der Waals surface area contributed by atoms with Crippen molar-refractivity contribution in [3.05, 3.63) is 0 Å². The van der Waals surface area contributed by atoms with E-state index in [4.69, 9.17) is 43.7 Å². The third-order valence-electron chi connectivity index (χ3n) is 4.21. The van der Waals surface area contributed by atoms with Gasteiger partial charge in [0.25, 0.3) is 0 Å². The van der Waals surface area contributed by atoms with Crippen molar-refractivity contribution in [1.82, 2.24) is 0 Å². The minimum Gasteiger partial charge on any atom is -0.382 e. The summed E-state index contributed by atoms with van der Waals surface area (Å²) in [5.74, 6) is 0. The lowest BCUT2D eigenvalue weighted by Crippen LogP contribution is -2.30. The smallest absolute Gasteiger partial charge is 0.330 e. The highest BCUT2D eigenvalue weighted by atomic mass is 31.2. The summed E-state index contributed by atoms with van der Waals surface area (Å²) in [4.78, 5) is 0. The average Bonchev–Trinajstić information content (AvgIpc) is 3.08. The van der Waals surface area contributed by atoms with Crippen LogP contribution in [0.15, 0.2) is 0 Å². The van der Waals surface area contributed by atoms with Gasteiger partial charge in [-0.1, -0.05) is 6.92 Å². The van der Waals surface area contributed by atoms with Crippen molar-refractivity contribution < 1.29 is 32.6 Å². The van der Waals surface area contributed by atoms with Gasteiger partial charge in [0.15, 0.2) is 0 Å². The largest absolute Gasteiger partial charge is 0.382 e. The molecular weight excluding hydrogens is 333 g/mol. The molecule has 10 heteroatoms. The van der Waals surface area contributed by atoms with Crippen molar-refractivity contribution in [3.8, 4) is 0 Å². The molecule has 2 heterocycles. The first-order valence-electron chi connectivity index (χ1n) is 8.16. The van der Waals surface area contributed by atoms with E-state index in [0.717, 1.165) is 0 Å². The highest BCUT2D eigenvalue weighted by Gasteiger charge is 2.40. The van der Waals surface area contributed by atoms with E-state index < -0.39 is 25.7 Å². The number of ether oxygens (including phenoxy) is 4. The third-order valence-corrected chi connectivity index (χ3v) is 6.12. The molecule has 2 aliphatic heterocycles. The van der Waals surface area contributed by atoms with E-state index in [1.807, 2.05) is 0 Å². The third kappa shape index (κ3) is 5.31. The molecule has 0 aliphatic carbocycles. The Morgan fingerprint density at radius 1 is 1.04 bits per heavy atom. The summed E-state index contributed by atoms with van der Waals surface area (Å²) in [5.41, 5.74) is 0. The monoisotopic (exact) mass is 358 g/mol. The van der Waals surface area contributed by atoms with Crippen LogP contribution in [0.4, 0.5) is 0 Å². The van der Waals surface area contributed by atoms with E-state index in [9.17, 15) is 4.57 Å². The number of rotatable bonds is 9. The second-order valence-corrected chi connectivity index (χ2v) is 8.32. The molecule has 0 bridgehead atoms. The quantitative estimate of drug-likeness (QED) is 0.447. The molecule has 7 atom stereocenters. The molecule has 0 aromatic heterocycles. The Hall–Kier alpha value is 0.120. The van der Waals surface area contributed by atoms with Crippen LogP contribution in [-0.2, 0) is 32.6 Å². The van der Waals surface area contributed by atoms with Gasteiger partial charge < -0.3 is 28.0 Å². The van der Waals surface area contributed by atoms with Crippen molar-refractivity contribution in [2.24, 2.45) is 0 Å². The number of hydrogen-bond donors (Lipinski definition) is 0. The Kier molecular flexibility index (Phi) is 7.81. The molecule has 0 amide bonds. The van der Waals surface area contributed by atoms with E-state index in [-0.39, 0.29) is 31.1 Å². The molecular formula is C14H25B2O7P. The Bertz CT molecular complexity index is 441. The van der Waals surface area contributed by atoms with E-state index in [1.165, 1.54) is 0 Å². The van der Waals surface area contributed by atoms with Gasteiger partial charge in [0, 0.05) is 32.4 Å². The van der Waals surface area contributed by atoms with Gasteiger partial charge in [0.05, 0.1) is 25.4 Å². The van der Waals surface area contributed by atoms with Crippen molar-refractivity contribution in [3.63, 3.8) is 0 Å². The van der Waals surface area contributed by atoms with E-state index >= 15 is 0 Å². The summed E-state index contributed by atoms with van der Waals surface area (Å²) in [5, 5.41) is 0. The maximum Gasteiger partial charge on any atom is 0.330 e. The summed E-state index contributed by atoms with van der Waals surface area (Å²) < 4.78 is 45.8. The molecule has 2 saturated heterocycles. The maximum absolute atomic E-state index is 12.9. The van der Waals surface area contributed by atoms with Crippen LogP contribution in [0.5, 0.6) is 0 Å². The van der Waals surface area contributed by atoms with Gasteiger partial charge >= 0.3 is 7.60 Å². The summed E-state index contributed by atoms with van der Waals surface area (Å²) >= 11 is 0. The fourth-order valence-corrected chi connectivity index (χ4v) is 4.30. The van der Waals surface area contributed by atoms with Crippen LogP contribution in [-0.4, -0.2) is 85.7 Å². The van der Waals surface area contributed by atoms with Gasteiger partial charge in [-0.05, 0) is 12.8 Å². The van der Waals surface area contributed by atoms with Crippen LogP contribution < -0.4 is 0 Å². The zero-order chi connectivity index (χ0) is 17.7. The van der Waals surface area contributed by atoms with Gasteiger partial charge in [-0.15, -0.1) is 0 Å². The predicted octanol–water partition coefficient (Wildman–Crippen LogP) is 0.830. The van der Waals surface area contributed by atoms with E-state index in [2.05, 4.69) is 0 Å². The van der Waals surface area contributed by atoms with E-state index in [0.29, 0.717) is 19.4 Å². The lowest BCUT2D eigenvalue weighted by atomic mass is 9.96. The van der Waals surface area contributed by atoms with Crippen molar-refractivity contribution in [1.29, 1.82) is 0 Å². The molecule has 2 rings (SSSR count). The van der Waals surface area contributed by atoms with Gasteiger partial charge in [0.1, 0.15) is 27.9 Å². The van der Waals surface area contributed by atoms with Gasteiger partial charge in [-0.2, -0.15) is 0 Å². The Morgan fingerprint density at radius 3 is 2.17 bits per heavy atom. The van der Waals surface area contributed by atoms with Gasteiger partial charge in [0.2, 0.25) is 0 Å². The molecule has 134 valence electrons. The summed E-state index contributed by atoms with van der Waals surface area (Å²) in [6.07, 6.45) is -0.114. The highest BCUT2D eigenvalue weighted by molar-refractivity contribution is 7.53. The molecule has 0 spiro atoms. The molecule has 2 aliphatic rings. The SMILES string of the molecule is [B][C@H]1CC(OC)[C@@H](COP(=O)(CC)OC2C[C@H]([B])O[C@@H]2COC)O1. The molecule has 0 N–H and O–H groups in total. The van der Waals surface area contributed by atoms with Crippen LogP contribution in [0, 0.1) is 0 Å². The minimum atomic E-state index is -3.31. The predicted molar refractivity (Wildman–Crippen MR) is 89.7 cm³/mol. The number of methoxy groups -OCH3 is 2. The standard InChI is InChI=1S/C14H25B2O7P/c1-4-24(17,20-8-12-9(19-3)5-13(15)22-12)23-10-6-14(16)21-11(10)7-18-2/h9-14H,4-8H2,1-3H3/t9?,10?,11-,12-,13-,14-,24?/m1/s1. The summed E-state index contributed by atoms with van der Waals surface area (Å²) in [6, 6.07) is -0.868. The zero-order valence-electron chi connectivity index (χ0n) is 14.5. The minimum absolute atomic E-state index is 0.0892. The lowest BCUT2D eigenvalue weighted by molar-refractivity contribution is -0.0290. The molecule has 2 fully saturated rings. The van der Waals surface area contributed by atoms with E-state index in [1.54, 1.807) is 21.1 Å². The van der Waals surface area contributed by atoms with Crippen LogP contribution in [0.25, 0.3) is 0 Å². The van der Waals surface area contributed by atoms with Crippen molar-refractivity contribution >= 4 is 23.3 Å². The molecule has 0 aromatic rings. The number of hydrogen-bond acceptors (Lipinski definition) is 7. The van der Waals surface area contributed by atoms with Gasteiger partial charge in [-0.25, -0.2) is 0 Å². The molecule has 4 radical (unpaired) electrons. The molecule has 7 nitrogen and oxygen atoms in total. The maximum atomic E-state index is 12.9. The second kappa shape index (κ2) is 9.17. The Morgan fingerprint density at radius 2 is 1.62 bits per heavy atom. The molecule has 24 heavy (non-hydrogen) atoms. The first-order chi connectivity index (χ1) is 11.4. The second-order valence-electron chi connectivity index (χ2n) is 5.99. The Balaban J connectivity index is 1.92. The Labute approximate surface area is 146 Å². The summed E-state index contributed by atoms with van der Waals surface area (Å²) in [6.45, 7) is 2.15. The molecule has 0 aromatic carbocycles. The van der Waals surface area contributed by atoms with Crippen LogP contribution >= 0.6 is 7.60 Å². The van der Waals surface area contributed by atoms with Crippen LogP contribution in [0.1, 0.15) is 19.8 Å². The molecule has 0 saturated carbocycles. The fraction of sp³-hybridized carbons (Fsp3) is 1.00.